The SMILES string of the molecule is Cc1nc(Nc2nc(CO)cc(NCc3ccc(S(N)(=O)=O)cc3)n2)sc1C(=O)O. The van der Waals surface area contributed by atoms with Crippen LogP contribution in [0.5, 0.6) is 0 Å². The molecule has 0 aliphatic carbocycles. The molecule has 11 nitrogen and oxygen atoms in total. The third-order valence-electron chi connectivity index (χ3n) is 3.88. The average Bonchev–Trinajstić information content (AvgIpc) is 3.06. The van der Waals surface area contributed by atoms with Gasteiger partial charge in [-0.25, -0.2) is 28.3 Å². The molecule has 0 bridgehead atoms. The molecule has 0 fully saturated rings. The van der Waals surface area contributed by atoms with Crippen LogP contribution >= 0.6 is 11.3 Å². The maximum atomic E-state index is 11.3. The number of hydrogen-bond acceptors (Lipinski definition) is 10. The summed E-state index contributed by atoms with van der Waals surface area (Å²) in [6, 6.07) is 7.60. The summed E-state index contributed by atoms with van der Waals surface area (Å²) < 4.78 is 22.6. The Bertz CT molecular complexity index is 1180. The summed E-state index contributed by atoms with van der Waals surface area (Å²) in [5, 5.41) is 29.9. The number of carboxylic acids is 1. The van der Waals surface area contributed by atoms with Crippen LogP contribution in [0.3, 0.4) is 0 Å². The minimum atomic E-state index is -3.76. The molecule has 3 rings (SSSR count). The summed E-state index contributed by atoms with van der Waals surface area (Å²) >= 11 is 0.951. The highest BCUT2D eigenvalue weighted by molar-refractivity contribution is 7.89. The van der Waals surface area contributed by atoms with E-state index < -0.39 is 16.0 Å². The van der Waals surface area contributed by atoms with Gasteiger partial charge in [-0.1, -0.05) is 23.5 Å². The number of aromatic nitrogens is 3. The number of primary sulfonamides is 1. The number of hydrogen-bond donors (Lipinski definition) is 5. The molecule has 0 saturated carbocycles. The molecule has 30 heavy (non-hydrogen) atoms. The van der Waals surface area contributed by atoms with Gasteiger partial charge in [0, 0.05) is 12.6 Å². The predicted molar refractivity (Wildman–Crippen MR) is 110 cm³/mol. The van der Waals surface area contributed by atoms with Crippen molar-refractivity contribution < 1.29 is 23.4 Å². The number of aromatic carboxylic acids is 1. The number of anilines is 3. The van der Waals surface area contributed by atoms with Gasteiger partial charge in [0.15, 0.2) is 5.13 Å². The number of aliphatic hydroxyl groups is 1. The molecule has 2 heterocycles. The molecule has 0 spiro atoms. The van der Waals surface area contributed by atoms with Gasteiger partial charge in [-0.15, -0.1) is 0 Å². The molecule has 6 N–H and O–H groups in total. The van der Waals surface area contributed by atoms with E-state index in [-0.39, 0.29) is 22.3 Å². The Kier molecular flexibility index (Phi) is 6.26. The van der Waals surface area contributed by atoms with Gasteiger partial charge in [0.05, 0.1) is 22.9 Å². The molecule has 0 amide bonds. The van der Waals surface area contributed by atoms with E-state index in [1.165, 1.54) is 12.1 Å². The molecule has 0 aliphatic heterocycles. The lowest BCUT2D eigenvalue weighted by molar-refractivity contribution is 0.0701. The fourth-order valence-corrected chi connectivity index (χ4v) is 3.77. The van der Waals surface area contributed by atoms with Crippen molar-refractivity contribution in [1.29, 1.82) is 0 Å². The van der Waals surface area contributed by atoms with Crippen molar-refractivity contribution in [2.24, 2.45) is 5.14 Å². The van der Waals surface area contributed by atoms with Crippen molar-refractivity contribution in [2.45, 2.75) is 25.0 Å². The lowest BCUT2D eigenvalue weighted by Gasteiger charge is -2.10. The van der Waals surface area contributed by atoms with Crippen LogP contribution in [-0.4, -0.2) is 39.6 Å². The second-order valence-corrected chi connectivity index (χ2v) is 8.69. The van der Waals surface area contributed by atoms with Gasteiger partial charge >= 0.3 is 5.97 Å². The number of carbonyl (C=O) groups is 1. The average molecular weight is 451 g/mol. The van der Waals surface area contributed by atoms with Crippen molar-refractivity contribution >= 4 is 44.2 Å². The highest BCUT2D eigenvalue weighted by Crippen LogP contribution is 2.25. The Morgan fingerprint density at radius 1 is 1.20 bits per heavy atom. The van der Waals surface area contributed by atoms with Gasteiger partial charge in [0.25, 0.3) is 0 Å². The number of nitrogens with two attached hydrogens (primary N) is 1. The van der Waals surface area contributed by atoms with Crippen LogP contribution in [0.4, 0.5) is 16.9 Å². The lowest BCUT2D eigenvalue weighted by atomic mass is 10.2. The largest absolute Gasteiger partial charge is 0.477 e. The monoisotopic (exact) mass is 450 g/mol. The first-order chi connectivity index (χ1) is 14.2. The molecule has 158 valence electrons. The van der Waals surface area contributed by atoms with Gasteiger partial charge in [0.1, 0.15) is 10.7 Å². The zero-order valence-electron chi connectivity index (χ0n) is 15.7. The van der Waals surface area contributed by atoms with E-state index >= 15 is 0 Å². The summed E-state index contributed by atoms with van der Waals surface area (Å²) in [6.45, 7) is 1.59. The van der Waals surface area contributed by atoms with Crippen LogP contribution in [0.2, 0.25) is 0 Å². The Labute approximate surface area is 175 Å². The number of aryl methyl sites for hydroxylation is 1. The summed E-state index contributed by atoms with van der Waals surface area (Å²) in [4.78, 5) is 23.9. The Hall–Kier alpha value is -3.13. The van der Waals surface area contributed by atoms with E-state index in [1.54, 1.807) is 25.1 Å². The summed E-state index contributed by atoms with van der Waals surface area (Å²) in [5.41, 5.74) is 1.49. The number of thiazole rings is 1. The Morgan fingerprint density at radius 3 is 2.47 bits per heavy atom. The number of carboxylic acid groups (broad SMARTS) is 1. The topological polar surface area (TPSA) is 180 Å². The Balaban J connectivity index is 1.76. The number of aliphatic hydroxyl groups excluding tert-OH is 1. The maximum absolute atomic E-state index is 11.3. The Morgan fingerprint density at radius 2 is 1.90 bits per heavy atom. The van der Waals surface area contributed by atoms with E-state index in [2.05, 4.69) is 25.6 Å². The molecule has 0 radical (unpaired) electrons. The van der Waals surface area contributed by atoms with Crippen molar-refractivity contribution in [2.75, 3.05) is 10.6 Å². The fraction of sp³-hybridized carbons (Fsp3) is 0.176. The van der Waals surface area contributed by atoms with E-state index in [0.29, 0.717) is 28.9 Å². The first kappa shape index (κ1) is 21.6. The van der Waals surface area contributed by atoms with Gasteiger partial charge in [-0.05, 0) is 24.6 Å². The number of sulfonamides is 1. The number of nitrogens with one attached hydrogen (secondary N) is 2. The van der Waals surface area contributed by atoms with Crippen molar-refractivity contribution in [3.8, 4) is 0 Å². The first-order valence-electron chi connectivity index (χ1n) is 8.48. The van der Waals surface area contributed by atoms with Gasteiger partial charge < -0.3 is 15.5 Å². The van der Waals surface area contributed by atoms with E-state index in [9.17, 15) is 18.3 Å². The molecule has 1 aromatic carbocycles. The van der Waals surface area contributed by atoms with Gasteiger partial charge in [0.2, 0.25) is 16.0 Å². The van der Waals surface area contributed by atoms with E-state index in [0.717, 1.165) is 16.9 Å². The van der Waals surface area contributed by atoms with Crippen LogP contribution in [-0.2, 0) is 23.2 Å². The highest BCUT2D eigenvalue weighted by atomic mass is 32.2. The normalized spacial score (nSPS) is 11.3. The minimum Gasteiger partial charge on any atom is -0.477 e. The predicted octanol–water partition coefficient (Wildman–Crippen LogP) is 1.44. The molecular formula is C17H18N6O5S2. The van der Waals surface area contributed by atoms with E-state index in [4.69, 9.17) is 10.2 Å². The second kappa shape index (κ2) is 8.71. The van der Waals surface area contributed by atoms with Crippen LogP contribution in [0.25, 0.3) is 0 Å². The van der Waals surface area contributed by atoms with Gasteiger partial charge in [-0.2, -0.15) is 4.98 Å². The molecular weight excluding hydrogens is 432 g/mol. The van der Waals surface area contributed by atoms with Crippen LogP contribution in [0.1, 0.15) is 26.6 Å². The minimum absolute atomic E-state index is 0.0156. The molecule has 0 saturated heterocycles. The third-order valence-corrected chi connectivity index (χ3v) is 5.87. The third kappa shape index (κ3) is 5.27. The first-order valence-corrected chi connectivity index (χ1v) is 10.8. The fourth-order valence-electron chi connectivity index (χ4n) is 2.46. The summed E-state index contributed by atoms with van der Waals surface area (Å²) in [6.07, 6.45) is 0. The second-order valence-electron chi connectivity index (χ2n) is 6.13. The number of benzene rings is 1. The molecule has 13 heteroatoms. The lowest BCUT2D eigenvalue weighted by Crippen LogP contribution is -2.12. The maximum Gasteiger partial charge on any atom is 0.347 e. The molecule has 0 aliphatic rings. The molecule has 3 aromatic rings. The molecule has 0 unspecified atom stereocenters. The van der Waals surface area contributed by atoms with Gasteiger partial charge in [-0.3, -0.25) is 5.32 Å². The highest BCUT2D eigenvalue weighted by Gasteiger charge is 2.15. The molecule has 0 atom stereocenters. The van der Waals surface area contributed by atoms with E-state index in [1.807, 2.05) is 0 Å². The van der Waals surface area contributed by atoms with Crippen molar-refractivity contribution in [3.63, 3.8) is 0 Å². The van der Waals surface area contributed by atoms with Crippen molar-refractivity contribution in [1.82, 2.24) is 15.0 Å². The number of rotatable bonds is 8. The smallest absolute Gasteiger partial charge is 0.347 e. The summed E-state index contributed by atoms with van der Waals surface area (Å²) in [5.74, 6) is -0.531. The number of nitrogens with zero attached hydrogens (tertiary/aromatic N) is 3. The zero-order valence-corrected chi connectivity index (χ0v) is 17.3. The van der Waals surface area contributed by atoms with Crippen molar-refractivity contribution in [3.05, 3.63) is 52.2 Å². The van der Waals surface area contributed by atoms with Crippen LogP contribution in [0, 0.1) is 6.92 Å². The molecule has 2 aromatic heterocycles. The zero-order chi connectivity index (χ0) is 21.9. The van der Waals surface area contributed by atoms with Crippen LogP contribution < -0.4 is 15.8 Å². The van der Waals surface area contributed by atoms with Crippen LogP contribution in [0.15, 0.2) is 35.2 Å². The summed E-state index contributed by atoms with van der Waals surface area (Å²) in [7, 11) is -3.76. The quantitative estimate of drug-likeness (QED) is 0.337. The standard InChI is InChI=1S/C17H18N6O5S2/c1-9-14(15(25)26)29-17(20-9)23-16-21-11(8-24)6-13(22-16)19-7-10-2-4-12(5-3-10)30(18,27)28/h2-6,24H,7-8H2,1H3,(H,25,26)(H2,18,27,28)(H2,19,20,21,22,23).